The molecule has 42 heavy (non-hydrogen) atoms. The molecular formula is C36H42O6. The number of esters is 3. The lowest BCUT2D eigenvalue weighted by Crippen LogP contribution is -2.77. The number of cyclic esters (lactones) is 1. The number of fused-ring (bicyclic) bond motifs is 9. The third kappa shape index (κ3) is 2.99. The lowest BCUT2D eigenvalue weighted by atomic mass is 9.40. The predicted molar refractivity (Wildman–Crippen MR) is 155 cm³/mol. The van der Waals surface area contributed by atoms with E-state index >= 15 is 0 Å². The van der Waals surface area contributed by atoms with Gasteiger partial charge in [0.2, 0.25) is 0 Å². The van der Waals surface area contributed by atoms with E-state index in [2.05, 4.69) is 32.9 Å². The zero-order valence-corrected chi connectivity index (χ0v) is 25.1. The van der Waals surface area contributed by atoms with E-state index in [-0.39, 0.29) is 41.6 Å². The molecule has 6 heteroatoms. The second kappa shape index (κ2) is 9.30. The summed E-state index contributed by atoms with van der Waals surface area (Å²) in [4.78, 5) is 41.0. The van der Waals surface area contributed by atoms with E-state index in [1.165, 1.54) is 0 Å². The molecule has 8 aliphatic rings. The molecule has 0 aromatic rings. The summed E-state index contributed by atoms with van der Waals surface area (Å²) in [5.74, 6) is 1.08. The van der Waals surface area contributed by atoms with Crippen LogP contribution in [0.3, 0.4) is 0 Å². The molecule has 0 radical (unpaired) electrons. The maximum Gasteiger partial charge on any atom is 0.340 e. The molecule has 5 aliphatic carbocycles. The first kappa shape index (κ1) is 26.7. The highest BCUT2D eigenvalue weighted by Crippen LogP contribution is 2.74. The smallest absolute Gasteiger partial charge is 0.340 e. The molecule has 0 amide bonds. The minimum Gasteiger partial charge on any atom is -0.446 e. The first-order valence-electron chi connectivity index (χ1n) is 16.7. The van der Waals surface area contributed by atoms with Crippen LogP contribution in [0.2, 0.25) is 0 Å². The standard InChI is InChI=1S/C36H42O6/c1-4-7-14-27-22-16-15-19-20-17-18-26-31(29(20)28(19)30(22)33(38)40-27)34(39)42-36(26)25(11-6-3)24(10-5-2)35(36)23-13-9-8-12-21(23)32(37)41-35/h8,12,14,19-20,24-25,28-29H,4-7,9-11,13,15-18H2,1-3H3/b27-14-/t19-,20+,24-,25-,28-,29+,35-,36+/m1/s1. The predicted octanol–water partition coefficient (Wildman–Crippen LogP) is 6.97. The molecule has 2 spiro atoms. The second-order valence-electron chi connectivity index (χ2n) is 13.9. The largest absolute Gasteiger partial charge is 0.446 e. The zero-order valence-electron chi connectivity index (χ0n) is 25.1. The van der Waals surface area contributed by atoms with E-state index < -0.39 is 11.2 Å². The van der Waals surface area contributed by atoms with Crippen molar-refractivity contribution in [1.29, 1.82) is 0 Å². The lowest BCUT2D eigenvalue weighted by molar-refractivity contribution is -0.275. The molecular weight excluding hydrogens is 528 g/mol. The van der Waals surface area contributed by atoms with Gasteiger partial charge in [-0.1, -0.05) is 52.2 Å². The normalized spacial score (nSPS) is 41.8. The fraction of sp³-hybridized carbons (Fsp3) is 0.639. The first-order chi connectivity index (χ1) is 20.4. The summed E-state index contributed by atoms with van der Waals surface area (Å²) in [5, 5.41) is 0. The molecule has 3 heterocycles. The summed E-state index contributed by atoms with van der Waals surface area (Å²) >= 11 is 0. The summed E-state index contributed by atoms with van der Waals surface area (Å²) in [7, 11) is 0. The van der Waals surface area contributed by atoms with Gasteiger partial charge in [0, 0.05) is 40.4 Å². The summed E-state index contributed by atoms with van der Waals surface area (Å²) < 4.78 is 19.2. The zero-order chi connectivity index (χ0) is 29.0. The molecule has 0 unspecified atom stereocenters. The topological polar surface area (TPSA) is 78.9 Å². The molecule has 6 nitrogen and oxygen atoms in total. The maximum atomic E-state index is 14.3. The second-order valence-corrected chi connectivity index (χ2v) is 13.9. The van der Waals surface area contributed by atoms with Crippen molar-refractivity contribution in [2.24, 2.45) is 35.5 Å². The molecule has 0 aromatic carbocycles. The van der Waals surface area contributed by atoms with Crippen LogP contribution in [0.25, 0.3) is 0 Å². The van der Waals surface area contributed by atoms with E-state index in [0.717, 1.165) is 111 Å². The number of ether oxygens (including phenoxy) is 3. The van der Waals surface area contributed by atoms with Gasteiger partial charge in [-0.05, 0) is 86.8 Å². The lowest BCUT2D eigenvalue weighted by Gasteiger charge is -2.66. The van der Waals surface area contributed by atoms with Gasteiger partial charge in [-0.15, -0.1) is 0 Å². The molecule has 0 saturated heterocycles. The van der Waals surface area contributed by atoms with Crippen LogP contribution < -0.4 is 0 Å². The van der Waals surface area contributed by atoms with Crippen LogP contribution in [-0.2, 0) is 28.6 Å². The van der Waals surface area contributed by atoms with Crippen molar-refractivity contribution in [3.05, 3.63) is 57.4 Å². The molecule has 2 saturated carbocycles. The van der Waals surface area contributed by atoms with Crippen molar-refractivity contribution in [2.75, 3.05) is 0 Å². The number of carbonyl (C=O) groups is 3. The van der Waals surface area contributed by atoms with E-state index in [4.69, 9.17) is 14.2 Å². The highest BCUT2D eigenvalue weighted by molar-refractivity contribution is 6.01. The van der Waals surface area contributed by atoms with Crippen molar-refractivity contribution in [2.45, 2.75) is 109 Å². The number of rotatable bonds is 6. The van der Waals surface area contributed by atoms with Gasteiger partial charge >= 0.3 is 17.9 Å². The van der Waals surface area contributed by atoms with Gasteiger partial charge < -0.3 is 14.2 Å². The molecule has 222 valence electrons. The quantitative estimate of drug-likeness (QED) is 0.254. The van der Waals surface area contributed by atoms with Crippen LogP contribution in [0.15, 0.2) is 57.4 Å². The van der Waals surface area contributed by atoms with Gasteiger partial charge in [0.1, 0.15) is 5.76 Å². The Labute approximate surface area is 248 Å². The number of hydrogen-bond acceptors (Lipinski definition) is 6. The van der Waals surface area contributed by atoms with Crippen LogP contribution in [0.1, 0.15) is 97.8 Å². The van der Waals surface area contributed by atoms with Crippen molar-refractivity contribution in [3.8, 4) is 0 Å². The van der Waals surface area contributed by atoms with Crippen LogP contribution in [-0.4, -0.2) is 29.1 Å². The molecule has 0 aromatic heterocycles. The highest BCUT2D eigenvalue weighted by Gasteiger charge is 2.83. The van der Waals surface area contributed by atoms with Gasteiger partial charge in [0.25, 0.3) is 0 Å². The van der Waals surface area contributed by atoms with E-state index in [1.54, 1.807) is 0 Å². The molecule has 8 rings (SSSR count). The monoisotopic (exact) mass is 570 g/mol. The van der Waals surface area contributed by atoms with Gasteiger partial charge in [-0.3, -0.25) is 0 Å². The molecule has 2 fully saturated rings. The minimum absolute atomic E-state index is 0.0115. The third-order valence-corrected chi connectivity index (χ3v) is 12.3. The molecule has 0 bridgehead atoms. The van der Waals surface area contributed by atoms with E-state index in [1.807, 2.05) is 6.08 Å². The van der Waals surface area contributed by atoms with Crippen LogP contribution in [0.5, 0.6) is 0 Å². The molecule has 0 N–H and O–H groups in total. The fourth-order valence-electron chi connectivity index (χ4n) is 11.0. The van der Waals surface area contributed by atoms with Crippen molar-refractivity contribution in [3.63, 3.8) is 0 Å². The van der Waals surface area contributed by atoms with E-state index in [0.29, 0.717) is 17.4 Å². The maximum absolute atomic E-state index is 14.3. The van der Waals surface area contributed by atoms with Crippen molar-refractivity contribution >= 4 is 17.9 Å². The Hall–Kier alpha value is -2.89. The average molecular weight is 571 g/mol. The molecule has 8 atom stereocenters. The number of allylic oxidation sites excluding steroid dienone is 3. The third-order valence-electron chi connectivity index (χ3n) is 12.3. The number of carbonyl (C=O) groups excluding carboxylic acids is 3. The summed E-state index contributed by atoms with van der Waals surface area (Å²) in [6.07, 6.45) is 17.1. The first-order valence-corrected chi connectivity index (χ1v) is 16.7. The van der Waals surface area contributed by atoms with Gasteiger partial charge in [0.15, 0.2) is 11.2 Å². The summed E-state index contributed by atoms with van der Waals surface area (Å²) in [5.41, 5.74) is 3.72. The Bertz CT molecular complexity index is 1450. The Morgan fingerprint density at radius 3 is 2.17 bits per heavy atom. The van der Waals surface area contributed by atoms with Crippen molar-refractivity contribution < 1.29 is 28.6 Å². The van der Waals surface area contributed by atoms with Gasteiger partial charge in [0.05, 0.1) is 5.57 Å². The van der Waals surface area contributed by atoms with E-state index in [9.17, 15) is 14.4 Å². The highest BCUT2D eigenvalue weighted by atomic mass is 16.6. The molecule has 3 aliphatic heterocycles. The van der Waals surface area contributed by atoms with Gasteiger partial charge in [-0.25, -0.2) is 14.4 Å². The minimum atomic E-state index is -0.919. The average Bonchev–Trinajstić information content (AvgIpc) is 3.60. The Balaban J connectivity index is 1.28. The van der Waals surface area contributed by atoms with Crippen LogP contribution in [0.4, 0.5) is 0 Å². The number of unbranched alkanes of at least 4 members (excludes halogenated alkanes) is 1. The summed E-state index contributed by atoms with van der Waals surface area (Å²) in [6, 6.07) is 0. The van der Waals surface area contributed by atoms with Crippen LogP contribution in [0, 0.1) is 35.5 Å². The Morgan fingerprint density at radius 2 is 1.45 bits per heavy atom. The van der Waals surface area contributed by atoms with Crippen molar-refractivity contribution in [1.82, 2.24) is 0 Å². The SMILES string of the molecule is CCC/C=C1\OC(=O)C2=C1CC[C@@H]1[C@@H]3CCC4=C(C(=O)O[C@@]45[C@H](CCC)[C@@H](CCC)[C@@]54OC(=O)C5=C4CCC=C5)[C@@H]3[C@H]21. The summed E-state index contributed by atoms with van der Waals surface area (Å²) in [6.45, 7) is 6.52. The Morgan fingerprint density at radius 1 is 0.786 bits per heavy atom. The fourth-order valence-corrected chi connectivity index (χ4v) is 11.0. The Kier molecular flexibility index (Phi) is 5.92. The number of hydrogen-bond donors (Lipinski definition) is 0. The van der Waals surface area contributed by atoms with Gasteiger partial charge in [-0.2, -0.15) is 0 Å². The van der Waals surface area contributed by atoms with Crippen LogP contribution >= 0.6 is 0 Å².